The van der Waals surface area contributed by atoms with E-state index in [9.17, 15) is 0 Å². The second kappa shape index (κ2) is 4.76. The molecule has 1 nitrogen and oxygen atoms in total. The molecule has 0 aliphatic carbocycles. The number of hydrogen-bond acceptors (Lipinski definition) is 1. The van der Waals surface area contributed by atoms with E-state index < -0.39 is 14.7 Å². The Labute approximate surface area is 120 Å². The molecule has 1 aliphatic rings. The molecule has 0 aromatic heterocycles. The predicted molar refractivity (Wildman–Crippen MR) is 60.9 cm³/mol. The van der Waals surface area contributed by atoms with Gasteiger partial charge in [0, 0.05) is 42.4 Å². The summed E-state index contributed by atoms with van der Waals surface area (Å²) in [6.45, 7) is 1.60. The molecule has 3 radical (unpaired) electrons. The molecule has 0 fully saturated rings. The van der Waals surface area contributed by atoms with Crippen molar-refractivity contribution in [1.82, 2.24) is 4.42 Å². The van der Waals surface area contributed by atoms with Crippen LogP contribution in [0.2, 0.25) is 0 Å². The van der Waals surface area contributed by atoms with Gasteiger partial charge in [-0.15, -0.1) is 11.6 Å². The number of hydrogen-bond donors (Lipinski definition) is 0. The van der Waals surface area contributed by atoms with Gasteiger partial charge in [-0.3, -0.25) is 4.42 Å². The maximum Gasteiger partial charge on any atom is 0.175 e. The van der Waals surface area contributed by atoms with E-state index in [4.69, 9.17) is 58.2 Å². The molecule has 0 spiro atoms. The van der Waals surface area contributed by atoms with E-state index in [2.05, 4.69) is 0 Å². The summed E-state index contributed by atoms with van der Waals surface area (Å²) in [5.74, 6) is 0. The first-order chi connectivity index (χ1) is 5.30. The summed E-state index contributed by atoms with van der Waals surface area (Å²) in [4.78, 5) is -1.11. The van der Waals surface area contributed by atoms with Gasteiger partial charge in [0.1, 0.15) is 0 Å². The van der Waals surface area contributed by atoms with Crippen molar-refractivity contribution >= 4 is 82.6 Å². The van der Waals surface area contributed by atoms with Gasteiger partial charge in [-0.05, 0) is 13.0 Å². The van der Waals surface area contributed by atoms with Crippen LogP contribution in [0.1, 0.15) is 6.92 Å². The van der Waals surface area contributed by atoms with Crippen LogP contribution in [0.15, 0.2) is 12.3 Å². The van der Waals surface area contributed by atoms with Crippen LogP contribution in [0.5, 0.6) is 0 Å². The summed E-state index contributed by atoms with van der Waals surface area (Å²) in [5.41, 5.74) is 0. The molecular formula is C6H6Cl5NSb. The molecular weight excluding hydrogens is 385 g/mol. The monoisotopic (exact) mass is 388 g/mol. The van der Waals surface area contributed by atoms with Gasteiger partial charge in [0.2, 0.25) is 0 Å². The third-order valence-corrected chi connectivity index (χ3v) is 4.86. The number of alkyl halides is 4. The molecule has 0 saturated carbocycles. The number of halogens is 5. The van der Waals surface area contributed by atoms with Gasteiger partial charge >= 0.3 is 0 Å². The molecule has 0 saturated heterocycles. The summed E-state index contributed by atoms with van der Waals surface area (Å²) in [6.07, 6.45) is 3.12. The van der Waals surface area contributed by atoms with E-state index in [1.807, 2.05) is 0 Å². The topological polar surface area (TPSA) is 3.24 Å². The molecule has 0 bridgehead atoms. The first-order valence-corrected chi connectivity index (χ1v) is 5.05. The van der Waals surface area contributed by atoms with Crippen molar-refractivity contribution in [2.75, 3.05) is 0 Å². The van der Waals surface area contributed by atoms with Gasteiger partial charge in [-0.1, -0.05) is 34.8 Å². The second-order valence-corrected chi connectivity index (χ2v) is 5.59. The Hall–Kier alpha value is 1.81. The van der Waals surface area contributed by atoms with Crippen molar-refractivity contribution in [3.63, 3.8) is 0 Å². The Morgan fingerprint density at radius 1 is 1.31 bits per heavy atom. The summed E-state index contributed by atoms with van der Waals surface area (Å²) >= 11 is 29.5. The molecule has 0 amide bonds. The van der Waals surface area contributed by atoms with E-state index in [-0.39, 0.29) is 24.4 Å². The second-order valence-electron chi connectivity index (χ2n) is 2.63. The molecule has 0 aromatic rings. The van der Waals surface area contributed by atoms with Crippen LogP contribution in [0, 0.1) is 0 Å². The molecule has 2 atom stereocenters. The van der Waals surface area contributed by atoms with Crippen LogP contribution in [0.25, 0.3) is 0 Å². The fourth-order valence-electron chi connectivity index (χ4n) is 0.806. The van der Waals surface area contributed by atoms with Crippen molar-refractivity contribution in [3.8, 4) is 0 Å². The van der Waals surface area contributed by atoms with Gasteiger partial charge in [0.15, 0.2) is 9.33 Å². The maximum absolute atomic E-state index is 6.00. The van der Waals surface area contributed by atoms with Gasteiger partial charge in [-0.25, -0.2) is 0 Å². The molecule has 1 rings (SSSR count). The third-order valence-electron chi connectivity index (χ3n) is 1.74. The van der Waals surface area contributed by atoms with Crippen LogP contribution in [0.4, 0.5) is 0 Å². The molecule has 75 valence electrons. The van der Waals surface area contributed by atoms with E-state index in [1.54, 1.807) is 13.0 Å². The van der Waals surface area contributed by atoms with Crippen LogP contribution in [-0.2, 0) is 0 Å². The van der Waals surface area contributed by atoms with Gasteiger partial charge in [-0.2, -0.15) is 0 Å². The number of nitrogens with zero attached hydrogens (tertiary/aromatic N) is 1. The minimum absolute atomic E-state index is 0. The molecule has 13 heavy (non-hydrogen) atoms. The molecule has 7 heteroatoms. The molecule has 1 heterocycles. The zero-order chi connectivity index (χ0) is 9.57. The Balaban J connectivity index is 0.00000144. The molecule has 1 aliphatic heterocycles. The normalized spacial score (nSPS) is 37.1. The summed E-state index contributed by atoms with van der Waals surface area (Å²) in [7, 11) is 0. The maximum atomic E-state index is 6.00. The Morgan fingerprint density at radius 2 is 1.77 bits per heavy atom. The zero-order valence-corrected chi connectivity index (χ0v) is 12.8. The standard InChI is InChI=1S/C6H6Cl5N.Sb/c1-5(8)6(9,10)4(7)2-3-12(5)11;/h2-4H,1H3;. The zero-order valence-electron chi connectivity index (χ0n) is 6.52. The van der Waals surface area contributed by atoms with Gasteiger partial charge in [0.25, 0.3) is 0 Å². The smallest absolute Gasteiger partial charge is 0.175 e. The van der Waals surface area contributed by atoms with Crippen molar-refractivity contribution in [2.45, 2.75) is 21.6 Å². The van der Waals surface area contributed by atoms with Crippen LogP contribution >= 0.6 is 58.2 Å². The van der Waals surface area contributed by atoms with Crippen LogP contribution < -0.4 is 0 Å². The number of rotatable bonds is 0. The van der Waals surface area contributed by atoms with Crippen molar-refractivity contribution < 1.29 is 0 Å². The summed E-state index contributed by atoms with van der Waals surface area (Å²) < 4.78 is -0.111. The Bertz CT molecular complexity index is 195. The molecule has 0 aromatic carbocycles. The van der Waals surface area contributed by atoms with Gasteiger partial charge < -0.3 is 0 Å². The Kier molecular flexibility index (Phi) is 5.43. The first-order valence-electron chi connectivity index (χ1n) is 3.14. The third kappa shape index (κ3) is 2.49. The minimum atomic E-state index is -1.31. The number of allylic oxidation sites excluding steroid dienone is 1. The van der Waals surface area contributed by atoms with Crippen molar-refractivity contribution in [2.24, 2.45) is 0 Å². The van der Waals surface area contributed by atoms with E-state index in [1.165, 1.54) is 10.6 Å². The average molecular weight is 391 g/mol. The first kappa shape index (κ1) is 14.8. The fourth-order valence-corrected chi connectivity index (χ4v) is 1.93. The SMILES string of the molecule is CC1(Cl)N(Cl)C=CC(Cl)C1(Cl)Cl.[Sb]. The van der Waals surface area contributed by atoms with E-state index in [0.29, 0.717) is 0 Å². The van der Waals surface area contributed by atoms with Gasteiger partial charge in [0.05, 0.1) is 5.38 Å². The molecule has 2 unspecified atom stereocenters. The van der Waals surface area contributed by atoms with Crippen molar-refractivity contribution in [3.05, 3.63) is 12.3 Å². The van der Waals surface area contributed by atoms with E-state index in [0.717, 1.165) is 0 Å². The average Bonchev–Trinajstić information content (AvgIpc) is 1.96. The van der Waals surface area contributed by atoms with E-state index >= 15 is 0 Å². The quantitative estimate of drug-likeness (QED) is 0.265. The van der Waals surface area contributed by atoms with Crippen LogP contribution in [-0.4, -0.2) is 43.6 Å². The summed E-state index contributed by atoms with van der Waals surface area (Å²) in [6, 6.07) is 0. The summed E-state index contributed by atoms with van der Waals surface area (Å²) in [5, 5.41) is -0.557. The van der Waals surface area contributed by atoms with Crippen molar-refractivity contribution in [1.29, 1.82) is 0 Å². The molecule has 0 N–H and O–H groups in total. The van der Waals surface area contributed by atoms with Crippen LogP contribution in [0.3, 0.4) is 0 Å². The Morgan fingerprint density at radius 3 is 2.15 bits per heavy atom. The fraction of sp³-hybridized carbons (Fsp3) is 0.667. The predicted octanol–water partition coefficient (Wildman–Crippen LogP) is 3.33. The minimum Gasteiger partial charge on any atom is -0.269 e. The largest absolute Gasteiger partial charge is 0.269 e.